The molecule has 6 aromatic carbocycles. The van der Waals surface area contributed by atoms with Crippen molar-refractivity contribution in [2.75, 3.05) is 0 Å². The van der Waals surface area contributed by atoms with Gasteiger partial charge in [-0.2, -0.15) is 0 Å². The Labute approximate surface area is 239 Å². The highest BCUT2D eigenvalue weighted by Crippen LogP contribution is 2.38. The normalized spacial score (nSPS) is 11.5. The minimum absolute atomic E-state index is 0.386. The van der Waals surface area contributed by atoms with E-state index in [1.54, 1.807) is 0 Å². The minimum Gasteiger partial charge on any atom is -0.422 e. The van der Waals surface area contributed by atoms with Crippen LogP contribution in [0.2, 0.25) is 0 Å². The molecule has 0 saturated heterocycles. The van der Waals surface area contributed by atoms with Gasteiger partial charge < -0.3 is 8.83 Å². The monoisotopic (exact) mass is 542 g/mol. The molecule has 0 saturated carbocycles. The van der Waals surface area contributed by atoms with Crippen molar-refractivity contribution < 1.29 is 8.83 Å². The molecule has 0 aliphatic heterocycles. The van der Waals surface area contributed by atoms with Crippen molar-refractivity contribution in [1.82, 2.24) is 0 Å². The Morgan fingerprint density at radius 3 is 1.31 bits per heavy atom. The molecule has 198 valence electrons. The molecule has 4 heteroatoms. The topological polar surface area (TPSA) is 60.4 Å². The fourth-order valence-electron chi connectivity index (χ4n) is 6.07. The van der Waals surface area contributed by atoms with Crippen LogP contribution in [-0.4, -0.2) is 0 Å². The van der Waals surface area contributed by atoms with Crippen LogP contribution in [0.15, 0.2) is 152 Å². The molecule has 42 heavy (non-hydrogen) atoms. The van der Waals surface area contributed by atoms with Crippen molar-refractivity contribution in [3.8, 4) is 33.4 Å². The molecule has 8 aromatic rings. The van der Waals surface area contributed by atoms with Gasteiger partial charge in [-0.25, -0.2) is 9.59 Å². The van der Waals surface area contributed by atoms with Crippen LogP contribution in [0.3, 0.4) is 0 Å². The van der Waals surface area contributed by atoms with E-state index in [0.29, 0.717) is 21.9 Å². The van der Waals surface area contributed by atoms with Gasteiger partial charge in [0.15, 0.2) is 0 Å². The van der Waals surface area contributed by atoms with Crippen LogP contribution in [-0.2, 0) is 0 Å². The Hall–Kier alpha value is -5.74. The van der Waals surface area contributed by atoms with Gasteiger partial charge in [0.2, 0.25) is 0 Å². The molecule has 0 aliphatic carbocycles. The molecule has 0 spiro atoms. The van der Waals surface area contributed by atoms with Gasteiger partial charge in [0.25, 0.3) is 0 Å². The smallest absolute Gasteiger partial charge is 0.344 e. The Balaban J connectivity index is 1.46. The summed E-state index contributed by atoms with van der Waals surface area (Å²) >= 11 is 0. The van der Waals surface area contributed by atoms with Crippen LogP contribution in [0.1, 0.15) is 0 Å². The Morgan fingerprint density at radius 1 is 0.357 bits per heavy atom. The van der Waals surface area contributed by atoms with E-state index in [4.69, 9.17) is 8.83 Å². The van der Waals surface area contributed by atoms with Crippen molar-refractivity contribution in [3.63, 3.8) is 0 Å². The minimum atomic E-state index is -0.386. The second kappa shape index (κ2) is 9.43. The Bertz CT molecular complexity index is 2300. The van der Waals surface area contributed by atoms with Gasteiger partial charge in [-0.3, -0.25) is 0 Å². The van der Waals surface area contributed by atoms with Crippen molar-refractivity contribution in [1.29, 1.82) is 0 Å². The van der Waals surface area contributed by atoms with Gasteiger partial charge in [0.1, 0.15) is 11.2 Å². The third-order valence-corrected chi connectivity index (χ3v) is 7.96. The first-order valence-corrected chi connectivity index (χ1v) is 13.8. The molecule has 0 aliphatic rings. The lowest BCUT2D eigenvalue weighted by Crippen LogP contribution is -2.03. The van der Waals surface area contributed by atoms with Crippen LogP contribution in [0.5, 0.6) is 0 Å². The second-order valence-corrected chi connectivity index (χ2v) is 10.4. The summed E-state index contributed by atoms with van der Waals surface area (Å²) in [5.74, 6) is 0. The van der Waals surface area contributed by atoms with E-state index in [-0.39, 0.29) is 11.3 Å². The number of hydrogen-bond donors (Lipinski definition) is 0. The van der Waals surface area contributed by atoms with Gasteiger partial charge in [-0.15, -0.1) is 0 Å². The van der Waals surface area contributed by atoms with Gasteiger partial charge in [0, 0.05) is 21.5 Å². The maximum absolute atomic E-state index is 13.4. The number of rotatable bonds is 3. The summed E-state index contributed by atoms with van der Waals surface area (Å²) < 4.78 is 11.5. The molecule has 0 fully saturated rings. The number of benzene rings is 6. The summed E-state index contributed by atoms with van der Waals surface area (Å²) in [5.41, 5.74) is 5.56. The SMILES string of the molecule is O=c1oc2ccccc2c2cccc(-c3cc(-c4ccccc4)cc(-c4cccc5c4c(=O)oc4ccccc45)c3)c12. The third-order valence-electron chi connectivity index (χ3n) is 7.96. The summed E-state index contributed by atoms with van der Waals surface area (Å²) in [5, 5.41) is 4.48. The first-order valence-electron chi connectivity index (χ1n) is 13.8. The van der Waals surface area contributed by atoms with Crippen molar-refractivity contribution >= 4 is 43.5 Å². The molecule has 4 nitrogen and oxygen atoms in total. The van der Waals surface area contributed by atoms with Crippen LogP contribution >= 0.6 is 0 Å². The molecule has 0 radical (unpaired) electrons. The maximum Gasteiger partial charge on any atom is 0.344 e. The predicted octanol–water partition coefficient (Wildman–Crippen LogP) is 9.21. The van der Waals surface area contributed by atoms with Crippen LogP contribution in [0.4, 0.5) is 0 Å². The molecule has 0 unspecified atom stereocenters. The molecule has 0 N–H and O–H groups in total. The van der Waals surface area contributed by atoms with E-state index in [9.17, 15) is 9.59 Å². The molecular weight excluding hydrogens is 520 g/mol. The molecular formula is C38H22O4. The highest BCUT2D eigenvalue weighted by molar-refractivity contribution is 6.11. The lowest BCUT2D eigenvalue weighted by atomic mass is 9.90. The highest BCUT2D eigenvalue weighted by Gasteiger charge is 2.17. The fraction of sp³-hybridized carbons (Fsp3) is 0. The predicted molar refractivity (Wildman–Crippen MR) is 170 cm³/mol. The number of hydrogen-bond acceptors (Lipinski definition) is 4. The summed E-state index contributed by atoms with van der Waals surface area (Å²) in [6, 6.07) is 43.2. The van der Waals surface area contributed by atoms with E-state index < -0.39 is 0 Å². The van der Waals surface area contributed by atoms with Crippen molar-refractivity contribution in [2.24, 2.45) is 0 Å². The Kier molecular flexibility index (Phi) is 5.41. The highest BCUT2D eigenvalue weighted by atomic mass is 16.4. The van der Waals surface area contributed by atoms with E-state index in [1.165, 1.54) is 0 Å². The standard InChI is InChI=1S/C38H22O4/c39-37-35-27(14-8-16-31(35)29-12-4-6-18-33(29)41-37)25-20-24(23-10-2-1-3-11-23)21-26(22-25)28-15-9-17-32-30-13-5-7-19-34(30)42-38(40)36(28)32/h1-22H. The lowest BCUT2D eigenvalue weighted by molar-refractivity contribution is 0.569. The lowest BCUT2D eigenvalue weighted by Gasteiger charge is -2.14. The molecule has 2 aromatic heterocycles. The average Bonchev–Trinajstić information content (AvgIpc) is 3.04. The molecule has 0 bridgehead atoms. The maximum atomic E-state index is 13.4. The zero-order chi connectivity index (χ0) is 28.2. The molecule has 0 atom stereocenters. The molecule has 8 rings (SSSR count). The van der Waals surface area contributed by atoms with Crippen molar-refractivity contribution in [3.05, 3.63) is 154 Å². The number of para-hydroxylation sites is 2. The van der Waals surface area contributed by atoms with E-state index >= 15 is 0 Å². The summed E-state index contributed by atoms with van der Waals surface area (Å²) in [7, 11) is 0. The summed E-state index contributed by atoms with van der Waals surface area (Å²) in [4.78, 5) is 26.8. The first kappa shape index (κ1) is 24.1. The second-order valence-electron chi connectivity index (χ2n) is 10.4. The zero-order valence-electron chi connectivity index (χ0n) is 22.3. The van der Waals surface area contributed by atoms with Gasteiger partial charge >= 0.3 is 11.3 Å². The van der Waals surface area contributed by atoms with E-state index in [0.717, 1.165) is 54.9 Å². The van der Waals surface area contributed by atoms with Gasteiger partial charge in [0.05, 0.1) is 10.8 Å². The Morgan fingerprint density at radius 2 is 0.786 bits per heavy atom. The average molecular weight is 543 g/mol. The number of fused-ring (bicyclic) bond motifs is 6. The summed E-state index contributed by atoms with van der Waals surface area (Å²) in [6.45, 7) is 0. The first-order chi connectivity index (χ1) is 20.7. The third kappa shape index (κ3) is 3.77. The fourth-order valence-corrected chi connectivity index (χ4v) is 6.07. The van der Waals surface area contributed by atoms with E-state index in [1.807, 2.05) is 109 Å². The largest absolute Gasteiger partial charge is 0.422 e. The summed E-state index contributed by atoms with van der Waals surface area (Å²) in [6.07, 6.45) is 0. The van der Waals surface area contributed by atoms with Crippen LogP contribution in [0, 0.1) is 0 Å². The van der Waals surface area contributed by atoms with Gasteiger partial charge in [-0.05, 0) is 63.7 Å². The van der Waals surface area contributed by atoms with Gasteiger partial charge in [-0.1, -0.05) is 103 Å². The van der Waals surface area contributed by atoms with Crippen LogP contribution in [0.25, 0.3) is 76.9 Å². The molecule has 0 amide bonds. The van der Waals surface area contributed by atoms with Crippen molar-refractivity contribution in [2.45, 2.75) is 0 Å². The van der Waals surface area contributed by atoms with Crippen LogP contribution < -0.4 is 11.3 Å². The molecule has 2 heterocycles. The zero-order valence-corrected chi connectivity index (χ0v) is 22.3. The van der Waals surface area contributed by atoms with E-state index in [2.05, 4.69) is 24.3 Å². The quantitative estimate of drug-likeness (QED) is 0.165.